The molecule has 2 aromatic rings. The Morgan fingerprint density at radius 2 is 1.88 bits per heavy atom. The highest BCUT2D eigenvalue weighted by Gasteiger charge is 2.20. The lowest BCUT2D eigenvalue weighted by Gasteiger charge is -2.14. The maximum atomic E-state index is 14.2. The minimum atomic E-state index is -1.28. The number of hydroxylamine groups is 1. The fourth-order valence-corrected chi connectivity index (χ4v) is 2.11. The summed E-state index contributed by atoms with van der Waals surface area (Å²) in [5, 5.41) is 2.45. The van der Waals surface area contributed by atoms with E-state index in [1.807, 2.05) is 6.92 Å². The van der Waals surface area contributed by atoms with Crippen LogP contribution < -0.4 is 10.8 Å². The molecule has 0 atom stereocenters. The van der Waals surface area contributed by atoms with Crippen LogP contribution in [0, 0.1) is 24.4 Å². The van der Waals surface area contributed by atoms with E-state index >= 15 is 0 Å². The highest BCUT2D eigenvalue weighted by atomic mass is 19.2. The number of aryl methyl sites for hydroxylation is 1. The summed E-state index contributed by atoms with van der Waals surface area (Å²) in [4.78, 5) is 17.1. The van der Waals surface area contributed by atoms with Gasteiger partial charge in [-0.1, -0.05) is 19.4 Å². The van der Waals surface area contributed by atoms with Crippen molar-refractivity contribution in [1.29, 1.82) is 0 Å². The minimum Gasteiger partial charge on any atom is -0.350 e. The van der Waals surface area contributed by atoms with Crippen LogP contribution in [-0.4, -0.2) is 12.5 Å². The molecule has 0 radical (unpaired) electrons. The van der Waals surface area contributed by atoms with Crippen molar-refractivity contribution in [3.8, 4) is 0 Å². The molecule has 134 valence electrons. The van der Waals surface area contributed by atoms with Crippen LogP contribution in [0.25, 0.3) is 0 Å². The summed E-state index contributed by atoms with van der Waals surface area (Å²) in [5.74, 6) is -3.83. The Labute approximate surface area is 144 Å². The zero-order chi connectivity index (χ0) is 18.4. The van der Waals surface area contributed by atoms with Crippen LogP contribution >= 0.6 is 0 Å². The van der Waals surface area contributed by atoms with E-state index in [9.17, 15) is 18.0 Å². The first kappa shape index (κ1) is 18.8. The first-order valence-corrected chi connectivity index (χ1v) is 7.87. The molecule has 7 heteroatoms. The number of benzene rings is 2. The van der Waals surface area contributed by atoms with E-state index in [0.717, 1.165) is 25.0 Å². The summed E-state index contributed by atoms with van der Waals surface area (Å²) in [6.07, 6.45) is 1.61. The average molecular weight is 352 g/mol. The number of hydrogen-bond donors (Lipinski definition) is 2. The van der Waals surface area contributed by atoms with Gasteiger partial charge in [0.05, 0.1) is 23.5 Å². The molecule has 0 saturated heterocycles. The average Bonchev–Trinajstić information content (AvgIpc) is 2.58. The predicted octanol–water partition coefficient (Wildman–Crippen LogP) is 4.62. The van der Waals surface area contributed by atoms with Gasteiger partial charge in [-0.15, -0.1) is 0 Å². The molecule has 0 fully saturated rings. The second-order valence-electron chi connectivity index (χ2n) is 5.53. The molecule has 1 amide bonds. The Morgan fingerprint density at radius 3 is 2.56 bits per heavy atom. The van der Waals surface area contributed by atoms with E-state index in [1.54, 1.807) is 13.0 Å². The molecule has 0 aromatic heterocycles. The van der Waals surface area contributed by atoms with Gasteiger partial charge < -0.3 is 5.32 Å². The maximum absolute atomic E-state index is 14.2. The van der Waals surface area contributed by atoms with Crippen LogP contribution in [-0.2, 0) is 4.84 Å². The largest absolute Gasteiger partial charge is 0.350 e. The van der Waals surface area contributed by atoms with Crippen LogP contribution in [0.5, 0.6) is 0 Å². The first-order valence-electron chi connectivity index (χ1n) is 7.87. The molecule has 2 aromatic carbocycles. The van der Waals surface area contributed by atoms with Crippen molar-refractivity contribution in [2.45, 2.75) is 26.7 Å². The normalized spacial score (nSPS) is 10.6. The molecule has 0 spiro atoms. The summed E-state index contributed by atoms with van der Waals surface area (Å²) in [7, 11) is 0. The molecular weight excluding hydrogens is 333 g/mol. The lowest BCUT2D eigenvalue weighted by molar-refractivity contribution is 0.0302. The van der Waals surface area contributed by atoms with Crippen LogP contribution in [0.1, 0.15) is 35.7 Å². The minimum absolute atomic E-state index is 0.0731. The Bertz CT molecular complexity index is 766. The van der Waals surface area contributed by atoms with Crippen molar-refractivity contribution < 1.29 is 22.8 Å². The van der Waals surface area contributed by atoms with Gasteiger partial charge in [0.25, 0.3) is 5.91 Å². The molecule has 0 aliphatic carbocycles. The number of carbonyl (C=O) groups is 1. The van der Waals surface area contributed by atoms with Crippen molar-refractivity contribution in [3.05, 3.63) is 58.9 Å². The van der Waals surface area contributed by atoms with Gasteiger partial charge in [0.15, 0.2) is 11.6 Å². The standard InChI is InChI=1S/C18H19F3N2O2/c1-3-4-9-25-23-18(24)12-6-7-13(19)16(21)17(12)22-15-8-5-11(2)10-14(15)20/h5-8,10,22H,3-4,9H2,1-2H3,(H,23,24). The molecule has 0 saturated carbocycles. The second-order valence-corrected chi connectivity index (χ2v) is 5.53. The molecule has 25 heavy (non-hydrogen) atoms. The van der Waals surface area contributed by atoms with Crippen LogP contribution in [0.4, 0.5) is 24.5 Å². The number of hydrogen-bond acceptors (Lipinski definition) is 3. The number of halogens is 3. The number of amides is 1. The van der Waals surface area contributed by atoms with E-state index in [-0.39, 0.29) is 11.3 Å². The monoisotopic (exact) mass is 352 g/mol. The van der Waals surface area contributed by atoms with E-state index in [4.69, 9.17) is 4.84 Å². The fourth-order valence-electron chi connectivity index (χ4n) is 2.11. The highest BCUT2D eigenvalue weighted by Crippen LogP contribution is 2.28. The number of carbonyl (C=O) groups excluding carboxylic acids is 1. The van der Waals surface area contributed by atoms with Gasteiger partial charge in [0, 0.05) is 0 Å². The number of unbranched alkanes of at least 4 members (excludes halogenated alkanes) is 1. The summed E-state index contributed by atoms with van der Waals surface area (Å²) >= 11 is 0. The van der Waals surface area contributed by atoms with Crippen molar-refractivity contribution >= 4 is 17.3 Å². The molecular formula is C18H19F3N2O2. The topological polar surface area (TPSA) is 50.4 Å². The zero-order valence-corrected chi connectivity index (χ0v) is 14.0. The molecule has 0 heterocycles. The molecule has 0 aliphatic heterocycles. The summed E-state index contributed by atoms with van der Waals surface area (Å²) in [6.45, 7) is 3.95. The molecule has 2 N–H and O–H groups in total. The Morgan fingerprint density at radius 1 is 1.12 bits per heavy atom. The zero-order valence-electron chi connectivity index (χ0n) is 14.0. The summed E-state index contributed by atoms with van der Waals surface area (Å²) < 4.78 is 41.7. The van der Waals surface area contributed by atoms with E-state index in [2.05, 4.69) is 10.8 Å². The van der Waals surface area contributed by atoms with Crippen LogP contribution in [0.15, 0.2) is 30.3 Å². The fraction of sp³-hybridized carbons (Fsp3) is 0.278. The van der Waals surface area contributed by atoms with Crippen LogP contribution in [0.2, 0.25) is 0 Å². The molecule has 0 unspecified atom stereocenters. The highest BCUT2D eigenvalue weighted by molar-refractivity contribution is 5.99. The van der Waals surface area contributed by atoms with Gasteiger partial charge in [-0.25, -0.2) is 18.7 Å². The Balaban J connectivity index is 2.29. The second kappa shape index (κ2) is 8.53. The number of rotatable bonds is 7. The molecule has 0 bridgehead atoms. The van der Waals surface area contributed by atoms with Crippen LogP contribution in [0.3, 0.4) is 0 Å². The lowest BCUT2D eigenvalue weighted by Crippen LogP contribution is -2.25. The van der Waals surface area contributed by atoms with Gasteiger partial charge in [-0.05, 0) is 43.2 Å². The molecule has 0 aliphatic rings. The quantitative estimate of drug-likeness (QED) is 0.565. The summed E-state index contributed by atoms with van der Waals surface area (Å²) in [6, 6.07) is 6.16. The van der Waals surface area contributed by atoms with Crippen molar-refractivity contribution in [2.75, 3.05) is 11.9 Å². The van der Waals surface area contributed by atoms with Gasteiger partial charge in [-0.3, -0.25) is 9.63 Å². The number of anilines is 2. The van der Waals surface area contributed by atoms with Gasteiger partial charge in [0.1, 0.15) is 5.82 Å². The van der Waals surface area contributed by atoms with Gasteiger partial charge in [-0.2, -0.15) is 0 Å². The SMILES string of the molecule is CCCCONC(=O)c1ccc(F)c(F)c1Nc1ccc(C)cc1F. The molecule has 2 rings (SSSR count). The third-order valence-corrected chi connectivity index (χ3v) is 3.49. The Kier molecular flexibility index (Phi) is 6.41. The summed E-state index contributed by atoms with van der Waals surface area (Å²) in [5.41, 5.74) is 2.11. The van der Waals surface area contributed by atoms with Gasteiger partial charge >= 0.3 is 0 Å². The lowest BCUT2D eigenvalue weighted by atomic mass is 10.1. The maximum Gasteiger partial charge on any atom is 0.277 e. The van der Waals surface area contributed by atoms with Crippen molar-refractivity contribution in [2.24, 2.45) is 0 Å². The predicted molar refractivity (Wildman–Crippen MR) is 89.1 cm³/mol. The Hall–Kier alpha value is -2.54. The van der Waals surface area contributed by atoms with Crippen molar-refractivity contribution in [3.63, 3.8) is 0 Å². The van der Waals surface area contributed by atoms with Crippen molar-refractivity contribution in [1.82, 2.24) is 5.48 Å². The third kappa shape index (κ3) is 4.73. The first-order chi connectivity index (χ1) is 11.9. The smallest absolute Gasteiger partial charge is 0.277 e. The third-order valence-electron chi connectivity index (χ3n) is 3.49. The number of nitrogens with one attached hydrogen (secondary N) is 2. The van der Waals surface area contributed by atoms with Gasteiger partial charge in [0.2, 0.25) is 0 Å². The molecule has 4 nitrogen and oxygen atoms in total. The van der Waals surface area contributed by atoms with E-state index < -0.39 is 29.0 Å². The van der Waals surface area contributed by atoms with E-state index in [0.29, 0.717) is 12.2 Å². The van der Waals surface area contributed by atoms with E-state index in [1.165, 1.54) is 12.1 Å².